The summed E-state index contributed by atoms with van der Waals surface area (Å²) in [5.74, 6) is -1.12. The maximum Gasteiger partial charge on any atom is 0.139 e. The molecule has 0 N–H and O–H groups in total. The Morgan fingerprint density at radius 1 is 0.562 bits per heavy atom. The molecule has 6 nitrogen and oxygen atoms in total. The van der Waals surface area contributed by atoms with Crippen LogP contribution in [-0.2, 0) is 0 Å². The number of halogens is 2. The number of benzene rings is 2. The van der Waals surface area contributed by atoms with Crippen LogP contribution in [0, 0.1) is 57.0 Å². The van der Waals surface area contributed by atoms with Gasteiger partial charge in [0.1, 0.15) is 58.4 Å². The number of hydrogen-bond acceptors (Lipinski definition) is 6. The lowest BCUT2D eigenvalue weighted by Crippen LogP contribution is -1.98. The number of fused-ring (bicyclic) bond motifs is 6. The van der Waals surface area contributed by atoms with Gasteiger partial charge in [0.05, 0.1) is 11.4 Å². The van der Waals surface area contributed by atoms with Gasteiger partial charge in [-0.1, -0.05) is 0 Å². The summed E-state index contributed by atoms with van der Waals surface area (Å²) in [6.07, 6.45) is 0. The van der Waals surface area contributed by atoms with E-state index in [4.69, 9.17) is 0 Å². The van der Waals surface area contributed by atoms with Crippen LogP contribution in [0.2, 0.25) is 0 Å². The third kappa shape index (κ3) is 2.39. The Labute approximate surface area is 179 Å². The molecule has 0 unspecified atom stereocenters. The first-order valence-corrected chi connectivity index (χ1v) is 9.14. The van der Waals surface area contributed by atoms with Crippen LogP contribution in [0.25, 0.3) is 33.7 Å². The number of hydrogen-bond donors (Lipinski definition) is 0. The first kappa shape index (κ1) is 18.8. The molecule has 0 bridgehead atoms. The van der Waals surface area contributed by atoms with E-state index < -0.39 is 11.6 Å². The third-order valence-corrected chi connectivity index (χ3v) is 5.33. The number of allylic oxidation sites excluding steroid dienone is 2. The van der Waals surface area contributed by atoms with Gasteiger partial charge in [-0.15, -0.1) is 0 Å². The van der Waals surface area contributed by atoms with E-state index in [0.29, 0.717) is 22.3 Å². The minimum atomic E-state index is -0.561. The van der Waals surface area contributed by atoms with Gasteiger partial charge in [0.15, 0.2) is 0 Å². The Balaban J connectivity index is 1.94. The van der Waals surface area contributed by atoms with Crippen molar-refractivity contribution < 1.29 is 8.78 Å². The smallest absolute Gasteiger partial charge is 0.139 e. The molecule has 0 aliphatic heterocycles. The fourth-order valence-corrected chi connectivity index (χ4v) is 4.05. The average Bonchev–Trinajstić information content (AvgIpc) is 3.26. The fraction of sp³-hybridized carbons (Fsp3) is 0. The molecule has 0 radical (unpaired) electrons. The van der Waals surface area contributed by atoms with Crippen molar-refractivity contribution in [2.45, 2.75) is 0 Å². The van der Waals surface area contributed by atoms with Crippen molar-refractivity contribution in [3.05, 3.63) is 81.7 Å². The summed E-state index contributed by atoms with van der Waals surface area (Å²) in [5.41, 5.74) is 2.24. The molecule has 1 aromatic heterocycles. The van der Waals surface area contributed by atoms with E-state index in [0.717, 1.165) is 0 Å². The van der Waals surface area contributed by atoms with E-state index in [1.807, 2.05) is 24.3 Å². The summed E-state index contributed by atoms with van der Waals surface area (Å²) in [6, 6.07) is 15.0. The van der Waals surface area contributed by atoms with Crippen LogP contribution in [0.3, 0.4) is 0 Å². The minimum absolute atomic E-state index is 0.150. The van der Waals surface area contributed by atoms with Crippen molar-refractivity contribution in [1.82, 2.24) is 9.97 Å². The number of aromatic nitrogens is 2. The Bertz CT molecular complexity index is 1480. The molecule has 3 aromatic rings. The maximum absolute atomic E-state index is 14.0. The van der Waals surface area contributed by atoms with Crippen molar-refractivity contribution in [3.8, 4) is 46.8 Å². The summed E-state index contributed by atoms with van der Waals surface area (Å²) in [5, 5.41) is 37.9. The molecule has 5 rings (SSSR count). The lowest BCUT2D eigenvalue weighted by Gasteiger charge is -2.06. The molecule has 146 valence electrons. The number of nitrogens with zero attached hydrogens (tertiary/aromatic N) is 6. The zero-order chi connectivity index (χ0) is 22.6. The van der Waals surface area contributed by atoms with Gasteiger partial charge in [-0.25, -0.2) is 18.7 Å². The zero-order valence-electron chi connectivity index (χ0n) is 15.9. The molecule has 8 heteroatoms. The molecule has 0 saturated carbocycles. The van der Waals surface area contributed by atoms with Crippen LogP contribution in [0.4, 0.5) is 8.78 Å². The molecule has 0 spiro atoms. The van der Waals surface area contributed by atoms with Gasteiger partial charge in [0.25, 0.3) is 0 Å². The highest BCUT2D eigenvalue weighted by molar-refractivity contribution is 6.06. The largest absolute Gasteiger partial charge is 0.243 e. The standard InChI is InChI=1S/C24H6F2N6/c25-13-1-3-15-17(5-13)19(11(7-27)8-28)23-21(15)31-24-20(12(9-29)10-30)18-6-14(26)2-4-16(18)22(24)32-23/h1-6H. The summed E-state index contributed by atoms with van der Waals surface area (Å²) >= 11 is 0. The second-order valence-electron chi connectivity index (χ2n) is 6.95. The maximum atomic E-state index is 14.0. The first-order chi connectivity index (χ1) is 15.5. The third-order valence-electron chi connectivity index (χ3n) is 5.33. The molecule has 32 heavy (non-hydrogen) atoms. The van der Waals surface area contributed by atoms with Gasteiger partial charge in [-0.3, -0.25) is 0 Å². The molecule has 0 atom stereocenters. The van der Waals surface area contributed by atoms with Gasteiger partial charge in [-0.2, -0.15) is 21.0 Å². The summed E-state index contributed by atoms with van der Waals surface area (Å²) < 4.78 is 28.0. The van der Waals surface area contributed by atoms with Gasteiger partial charge >= 0.3 is 0 Å². The monoisotopic (exact) mass is 416 g/mol. The van der Waals surface area contributed by atoms with Crippen molar-refractivity contribution in [1.29, 1.82) is 21.0 Å². The molecule has 0 saturated heterocycles. The predicted octanol–water partition coefficient (Wildman–Crippen LogP) is 4.41. The summed E-state index contributed by atoms with van der Waals surface area (Å²) in [6.45, 7) is 0. The highest BCUT2D eigenvalue weighted by Gasteiger charge is 2.36. The zero-order valence-corrected chi connectivity index (χ0v) is 15.9. The Morgan fingerprint density at radius 2 is 0.938 bits per heavy atom. The fourth-order valence-electron chi connectivity index (χ4n) is 4.05. The molecular weight excluding hydrogens is 410 g/mol. The van der Waals surface area contributed by atoms with Crippen molar-refractivity contribution in [2.75, 3.05) is 0 Å². The van der Waals surface area contributed by atoms with E-state index >= 15 is 0 Å². The number of rotatable bonds is 0. The van der Waals surface area contributed by atoms with Gasteiger partial charge in [0.2, 0.25) is 0 Å². The second-order valence-corrected chi connectivity index (χ2v) is 6.95. The molecule has 0 fully saturated rings. The predicted molar refractivity (Wildman–Crippen MR) is 107 cm³/mol. The highest BCUT2D eigenvalue weighted by atomic mass is 19.1. The SMILES string of the molecule is N#CC(C#N)=C1c2cc(F)ccc2-c2nc3c(nc21)-c1ccc(F)cc1C3=C(C#N)C#N. The minimum Gasteiger partial charge on any atom is -0.243 e. The molecular formula is C24H6F2N6. The van der Waals surface area contributed by atoms with Crippen LogP contribution in [0.15, 0.2) is 47.5 Å². The van der Waals surface area contributed by atoms with E-state index in [1.54, 1.807) is 0 Å². The van der Waals surface area contributed by atoms with Crippen molar-refractivity contribution in [2.24, 2.45) is 0 Å². The quantitative estimate of drug-likeness (QED) is 0.345. The Morgan fingerprint density at radius 3 is 1.28 bits per heavy atom. The average molecular weight is 416 g/mol. The van der Waals surface area contributed by atoms with Gasteiger partial charge in [0, 0.05) is 22.3 Å². The van der Waals surface area contributed by atoms with Crippen LogP contribution in [-0.4, -0.2) is 9.97 Å². The van der Waals surface area contributed by atoms with Gasteiger partial charge in [-0.05, 0) is 47.5 Å². The summed E-state index contributed by atoms with van der Waals surface area (Å²) in [4.78, 5) is 9.26. The van der Waals surface area contributed by atoms with Crippen molar-refractivity contribution in [3.63, 3.8) is 0 Å². The molecule has 2 aliphatic rings. The van der Waals surface area contributed by atoms with E-state index in [9.17, 15) is 29.8 Å². The molecule has 0 amide bonds. The van der Waals surface area contributed by atoms with E-state index in [1.165, 1.54) is 36.4 Å². The summed E-state index contributed by atoms with van der Waals surface area (Å²) in [7, 11) is 0. The molecule has 2 aromatic carbocycles. The van der Waals surface area contributed by atoms with Crippen LogP contribution in [0.5, 0.6) is 0 Å². The van der Waals surface area contributed by atoms with Crippen LogP contribution >= 0.6 is 0 Å². The first-order valence-electron chi connectivity index (χ1n) is 9.14. The Kier molecular flexibility index (Phi) is 3.93. The van der Waals surface area contributed by atoms with Crippen LogP contribution in [0.1, 0.15) is 22.5 Å². The molecule has 1 heterocycles. The lowest BCUT2D eigenvalue weighted by atomic mass is 10.0. The van der Waals surface area contributed by atoms with Crippen LogP contribution < -0.4 is 0 Å². The van der Waals surface area contributed by atoms with Gasteiger partial charge < -0.3 is 0 Å². The van der Waals surface area contributed by atoms with Crippen molar-refractivity contribution >= 4 is 11.1 Å². The topological polar surface area (TPSA) is 121 Å². The second kappa shape index (κ2) is 6.67. The van der Waals surface area contributed by atoms with E-state index in [2.05, 4.69) is 9.97 Å². The highest BCUT2D eigenvalue weighted by Crippen LogP contribution is 2.50. The molecule has 2 aliphatic carbocycles. The Hall–Kier alpha value is -5.18. The normalized spacial score (nSPS) is 11.8. The lowest BCUT2D eigenvalue weighted by molar-refractivity contribution is 0.627. The number of nitriles is 4. The van der Waals surface area contributed by atoms with E-state index in [-0.39, 0.29) is 45.1 Å².